The Morgan fingerprint density at radius 2 is 1.91 bits per heavy atom. The topological polar surface area (TPSA) is 77.2 Å². The molecular weight excluding hydrogens is 587 g/mol. The van der Waals surface area contributed by atoms with Gasteiger partial charge in [-0.2, -0.15) is 0 Å². The maximum Gasteiger partial charge on any atom is 0.261 e. The van der Waals surface area contributed by atoms with Gasteiger partial charge in [0.15, 0.2) is 5.96 Å². The van der Waals surface area contributed by atoms with E-state index in [2.05, 4.69) is 66.2 Å². The van der Waals surface area contributed by atoms with Gasteiger partial charge in [-0.1, -0.05) is 63.2 Å². The second kappa shape index (κ2) is 12.5. The molecule has 1 aromatic heterocycles. The molecule has 0 unspecified atom stereocenters. The quantitative estimate of drug-likeness (QED) is 0.181. The number of rotatable bonds is 7. The summed E-state index contributed by atoms with van der Waals surface area (Å²) in [5.74, 6) is 1.99. The number of halogens is 1. The van der Waals surface area contributed by atoms with Crippen molar-refractivity contribution < 1.29 is 4.39 Å². The van der Waals surface area contributed by atoms with Crippen LogP contribution < -0.4 is 15.8 Å². The van der Waals surface area contributed by atoms with Gasteiger partial charge in [-0.3, -0.25) is 14.8 Å². The number of nitrogens with zero attached hydrogens (tertiary/aromatic N) is 4. The normalized spacial score (nSPS) is 25.0. The van der Waals surface area contributed by atoms with Gasteiger partial charge in [0.2, 0.25) is 0 Å². The van der Waals surface area contributed by atoms with Crippen LogP contribution in [-0.4, -0.2) is 52.1 Å². The average molecular weight is 635 g/mol. The first-order chi connectivity index (χ1) is 22.6. The molecule has 3 aromatic carbocycles. The summed E-state index contributed by atoms with van der Waals surface area (Å²) in [5.41, 5.74) is 4.51. The largest absolute Gasteiger partial charge is 0.340 e. The zero-order chi connectivity index (χ0) is 32.9. The standard InChI is InChI=1S/C39H47FN6O/c1-25-10-11-28(34(40)18-25)14-16-45-24-43-35-22-31(12-13-32(35)37(45)47)46(36-21-29-20-33(26(36)2)39(29,3)4)38(41)44-17-15-42-30(23-44)19-27-8-6-5-7-9-27/h5-13,18,22,24,26,29-30,33,36,41-42H,14-17,19-21,23H2,1-4H3/t26-,29-,30-,33+,36-/m0/s1. The Morgan fingerprint density at radius 3 is 2.66 bits per heavy atom. The van der Waals surface area contributed by atoms with Crippen molar-refractivity contribution >= 4 is 22.5 Å². The minimum atomic E-state index is -0.243. The number of guanidine groups is 1. The summed E-state index contributed by atoms with van der Waals surface area (Å²) in [6.45, 7) is 11.8. The lowest BCUT2D eigenvalue weighted by Crippen LogP contribution is -2.64. The second-order valence-electron chi connectivity index (χ2n) is 14.8. The summed E-state index contributed by atoms with van der Waals surface area (Å²) in [7, 11) is 0. The second-order valence-corrected chi connectivity index (χ2v) is 14.8. The molecule has 2 bridgehead atoms. The Kier molecular flexibility index (Phi) is 8.41. The Balaban J connectivity index is 1.17. The van der Waals surface area contributed by atoms with Crippen molar-refractivity contribution in [2.75, 3.05) is 24.5 Å². The van der Waals surface area contributed by atoms with Crippen LogP contribution in [0.4, 0.5) is 10.1 Å². The van der Waals surface area contributed by atoms with Crippen molar-refractivity contribution in [3.8, 4) is 0 Å². The number of hydrogen-bond donors (Lipinski definition) is 2. The highest BCUT2D eigenvalue weighted by Crippen LogP contribution is 2.62. The molecule has 0 amide bonds. The molecule has 8 heteroatoms. The zero-order valence-electron chi connectivity index (χ0n) is 28.0. The van der Waals surface area contributed by atoms with Crippen molar-refractivity contribution in [2.45, 2.75) is 72.0 Å². The van der Waals surface area contributed by atoms with E-state index >= 15 is 0 Å². The molecule has 1 aliphatic heterocycles. The maximum atomic E-state index is 14.5. The molecule has 4 fully saturated rings. The molecular formula is C39H47FN6O. The lowest BCUT2D eigenvalue weighted by molar-refractivity contribution is -0.108. The van der Waals surface area contributed by atoms with Gasteiger partial charge in [-0.15, -0.1) is 0 Å². The third kappa shape index (κ3) is 5.97. The summed E-state index contributed by atoms with van der Waals surface area (Å²) in [6, 6.07) is 22.1. The van der Waals surface area contributed by atoms with Crippen LogP contribution in [0.5, 0.6) is 0 Å². The number of anilines is 1. The Labute approximate surface area is 277 Å². The Morgan fingerprint density at radius 1 is 1.11 bits per heavy atom. The van der Waals surface area contributed by atoms with Gasteiger partial charge in [0.1, 0.15) is 5.82 Å². The minimum Gasteiger partial charge on any atom is -0.340 e. The first kappa shape index (κ1) is 31.6. The fourth-order valence-electron chi connectivity index (χ4n) is 8.69. The first-order valence-electron chi connectivity index (χ1n) is 17.2. The highest BCUT2D eigenvalue weighted by Gasteiger charge is 2.57. The fraction of sp³-hybridized carbons (Fsp3) is 0.462. The van der Waals surface area contributed by atoms with E-state index in [1.165, 1.54) is 18.1 Å². The third-order valence-corrected chi connectivity index (χ3v) is 11.7. The molecule has 3 saturated carbocycles. The van der Waals surface area contributed by atoms with Crippen LogP contribution in [-0.2, 0) is 19.4 Å². The molecule has 2 heterocycles. The molecule has 246 valence electrons. The first-order valence-corrected chi connectivity index (χ1v) is 17.2. The molecule has 2 N–H and O–H groups in total. The molecule has 3 aliphatic carbocycles. The summed E-state index contributed by atoms with van der Waals surface area (Å²) in [4.78, 5) is 22.8. The van der Waals surface area contributed by atoms with Crippen LogP contribution in [0.25, 0.3) is 10.9 Å². The average Bonchev–Trinajstić information content (AvgIpc) is 3.06. The van der Waals surface area contributed by atoms with E-state index in [0.717, 1.165) is 43.7 Å². The van der Waals surface area contributed by atoms with Crippen LogP contribution in [0.2, 0.25) is 0 Å². The molecule has 0 radical (unpaired) electrons. The Hall–Kier alpha value is -4.04. The minimum absolute atomic E-state index is 0.129. The molecule has 5 atom stereocenters. The molecule has 7 nitrogen and oxygen atoms in total. The van der Waals surface area contributed by atoms with Crippen LogP contribution in [0.1, 0.15) is 50.3 Å². The van der Waals surface area contributed by atoms with Gasteiger partial charge >= 0.3 is 0 Å². The van der Waals surface area contributed by atoms with Crippen molar-refractivity contribution in [3.63, 3.8) is 0 Å². The molecule has 1 saturated heterocycles. The molecule has 4 aromatic rings. The lowest BCUT2D eigenvalue weighted by Gasteiger charge is -2.63. The van der Waals surface area contributed by atoms with Crippen LogP contribution >= 0.6 is 0 Å². The van der Waals surface area contributed by atoms with Gasteiger partial charge in [-0.25, -0.2) is 9.37 Å². The summed E-state index contributed by atoms with van der Waals surface area (Å²) < 4.78 is 16.0. The predicted molar refractivity (Wildman–Crippen MR) is 188 cm³/mol. The van der Waals surface area contributed by atoms with E-state index in [9.17, 15) is 14.6 Å². The highest BCUT2D eigenvalue weighted by molar-refractivity contribution is 5.96. The van der Waals surface area contributed by atoms with E-state index in [1.807, 2.05) is 31.2 Å². The maximum absolute atomic E-state index is 14.5. The van der Waals surface area contributed by atoms with E-state index in [4.69, 9.17) is 4.98 Å². The van der Waals surface area contributed by atoms with Gasteiger partial charge in [0.25, 0.3) is 5.56 Å². The van der Waals surface area contributed by atoms with Gasteiger partial charge < -0.3 is 15.1 Å². The summed E-state index contributed by atoms with van der Waals surface area (Å²) >= 11 is 0. The van der Waals surface area contributed by atoms with E-state index < -0.39 is 0 Å². The molecule has 4 aliphatic rings. The summed E-state index contributed by atoms with van der Waals surface area (Å²) in [6.07, 6.45) is 5.24. The zero-order valence-corrected chi connectivity index (χ0v) is 28.0. The summed E-state index contributed by atoms with van der Waals surface area (Å²) in [5, 5.41) is 13.9. The fourth-order valence-corrected chi connectivity index (χ4v) is 8.69. The number of hydrogen-bond acceptors (Lipinski definition) is 4. The number of piperazine rings is 1. The number of aromatic nitrogens is 2. The number of fused-ring (bicyclic) bond motifs is 3. The highest BCUT2D eigenvalue weighted by atomic mass is 19.1. The van der Waals surface area contributed by atoms with Gasteiger partial charge in [0.05, 0.1) is 17.2 Å². The number of benzene rings is 3. The third-order valence-electron chi connectivity index (χ3n) is 11.7. The van der Waals surface area contributed by atoms with Gasteiger partial charge in [-0.05, 0) is 96.7 Å². The SMILES string of the molecule is Cc1ccc(CCn2cnc3cc(N(C(=N)N4CCN[C@@H](Cc5ccccc5)C4)[C@H]4C[C@@H]5C[C@H]([C@@H]4C)C5(C)C)ccc3c2=O)c(F)c1. The smallest absolute Gasteiger partial charge is 0.261 e. The van der Waals surface area contributed by atoms with E-state index in [-0.39, 0.29) is 23.5 Å². The monoisotopic (exact) mass is 634 g/mol. The van der Waals surface area contributed by atoms with Crippen LogP contribution in [0.15, 0.2) is 77.9 Å². The molecule has 47 heavy (non-hydrogen) atoms. The molecule has 0 spiro atoms. The molecule has 8 rings (SSSR count). The predicted octanol–water partition coefficient (Wildman–Crippen LogP) is 6.42. The van der Waals surface area contributed by atoms with Crippen molar-refractivity contribution in [3.05, 3.63) is 106 Å². The Bertz CT molecular complexity index is 1840. The number of aryl methyl sites for hydroxylation is 3. The van der Waals surface area contributed by atoms with E-state index in [0.29, 0.717) is 58.6 Å². The van der Waals surface area contributed by atoms with Crippen molar-refractivity contribution in [1.29, 1.82) is 5.41 Å². The van der Waals surface area contributed by atoms with Crippen LogP contribution in [0.3, 0.4) is 0 Å². The van der Waals surface area contributed by atoms with Crippen molar-refractivity contribution in [1.82, 2.24) is 19.8 Å². The van der Waals surface area contributed by atoms with E-state index in [1.54, 1.807) is 17.0 Å². The van der Waals surface area contributed by atoms with Crippen molar-refractivity contribution in [2.24, 2.45) is 23.2 Å². The van der Waals surface area contributed by atoms with Gasteiger partial charge in [0, 0.05) is 44.0 Å². The number of nitrogens with one attached hydrogen (secondary N) is 2. The van der Waals surface area contributed by atoms with Crippen LogP contribution in [0, 0.1) is 41.3 Å². The lowest BCUT2D eigenvalue weighted by atomic mass is 9.44.